The highest BCUT2D eigenvalue weighted by Crippen LogP contribution is 2.18. The predicted molar refractivity (Wildman–Crippen MR) is 98.1 cm³/mol. The lowest BCUT2D eigenvalue weighted by Crippen LogP contribution is -2.47. The smallest absolute Gasteiger partial charge is 0.314 e. The van der Waals surface area contributed by atoms with E-state index in [1.807, 2.05) is 24.3 Å². The van der Waals surface area contributed by atoms with Crippen LogP contribution in [0.3, 0.4) is 0 Å². The number of carbonyl (C=O) groups excluding carboxylic acids is 2. The highest BCUT2D eigenvalue weighted by Gasteiger charge is 2.21. The van der Waals surface area contributed by atoms with Gasteiger partial charge in [0, 0.05) is 35.6 Å². The standard InChI is InChI=1S/C18H19ClN4O2/c19-13-3-1-12-2-4-14(21-16(12)11-13)5-6-17(24)22-15-7-9-23(10-8-15)18(20)25/h1-6,11,15H,7-10H2,(H2,20,25)(H,22,24)/b6-5+. The van der Waals surface area contributed by atoms with Crippen LogP contribution in [0.15, 0.2) is 36.4 Å². The molecular weight excluding hydrogens is 340 g/mol. The van der Waals surface area contributed by atoms with Crippen molar-refractivity contribution in [1.82, 2.24) is 15.2 Å². The van der Waals surface area contributed by atoms with Gasteiger partial charge in [0.1, 0.15) is 0 Å². The fourth-order valence-corrected chi connectivity index (χ4v) is 3.02. The summed E-state index contributed by atoms with van der Waals surface area (Å²) in [6, 6.07) is 8.95. The van der Waals surface area contributed by atoms with Crippen LogP contribution in [0.25, 0.3) is 17.0 Å². The van der Waals surface area contributed by atoms with Crippen LogP contribution in [0.2, 0.25) is 5.02 Å². The molecule has 1 aromatic heterocycles. The van der Waals surface area contributed by atoms with Crippen molar-refractivity contribution < 1.29 is 9.59 Å². The Bertz CT molecular complexity index is 829. The molecule has 0 atom stereocenters. The summed E-state index contributed by atoms with van der Waals surface area (Å²) in [6.45, 7) is 1.13. The molecule has 2 aromatic rings. The van der Waals surface area contributed by atoms with Crippen LogP contribution >= 0.6 is 11.6 Å². The van der Waals surface area contributed by atoms with Gasteiger partial charge >= 0.3 is 6.03 Å². The number of hydrogen-bond donors (Lipinski definition) is 2. The SMILES string of the molecule is NC(=O)N1CCC(NC(=O)/C=C/c2ccc3ccc(Cl)cc3n2)CC1. The fraction of sp³-hybridized carbons (Fsp3) is 0.278. The molecule has 25 heavy (non-hydrogen) atoms. The van der Waals surface area contributed by atoms with Gasteiger partial charge in [-0.15, -0.1) is 0 Å². The van der Waals surface area contributed by atoms with Crippen LogP contribution in [0, 0.1) is 0 Å². The van der Waals surface area contributed by atoms with Gasteiger partial charge in [0.25, 0.3) is 0 Å². The van der Waals surface area contributed by atoms with E-state index in [2.05, 4.69) is 10.3 Å². The van der Waals surface area contributed by atoms with Gasteiger partial charge < -0.3 is 16.0 Å². The number of nitrogens with zero attached hydrogens (tertiary/aromatic N) is 2. The van der Waals surface area contributed by atoms with Gasteiger partial charge in [-0.1, -0.05) is 23.7 Å². The van der Waals surface area contributed by atoms with E-state index in [-0.39, 0.29) is 11.9 Å². The molecule has 0 saturated carbocycles. The van der Waals surface area contributed by atoms with Crippen molar-refractivity contribution in [3.63, 3.8) is 0 Å². The lowest BCUT2D eigenvalue weighted by molar-refractivity contribution is -0.117. The number of aromatic nitrogens is 1. The van der Waals surface area contributed by atoms with Crippen molar-refractivity contribution in [3.8, 4) is 0 Å². The maximum Gasteiger partial charge on any atom is 0.314 e. The fourth-order valence-electron chi connectivity index (χ4n) is 2.85. The third-order valence-corrected chi connectivity index (χ3v) is 4.47. The Balaban J connectivity index is 1.58. The van der Waals surface area contributed by atoms with Gasteiger partial charge in [0.05, 0.1) is 11.2 Å². The minimum Gasteiger partial charge on any atom is -0.351 e. The van der Waals surface area contributed by atoms with Crippen LogP contribution < -0.4 is 11.1 Å². The van der Waals surface area contributed by atoms with Crippen LogP contribution in [-0.4, -0.2) is 41.0 Å². The molecule has 1 saturated heterocycles. The quantitative estimate of drug-likeness (QED) is 0.826. The Labute approximate surface area is 150 Å². The van der Waals surface area contributed by atoms with Crippen molar-refractivity contribution in [2.75, 3.05) is 13.1 Å². The molecule has 0 radical (unpaired) electrons. The van der Waals surface area contributed by atoms with Crippen LogP contribution in [-0.2, 0) is 4.79 Å². The number of likely N-dealkylation sites (tertiary alicyclic amines) is 1. The second kappa shape index (κ2) is 7.53. The Morgan fingerprint density at radius 1 is 1.24 bits per heavy atom. The number of halogens is 1. The molecule has 0 aliphatic carbocycles. The number of hydrogen-bond acceptors (Lipinski definition) is 3. The average molecular weight is 359 g/mol. The maximum absolute atomic E-state index is 12.1. The largest absolute Gasteiger partial charge is 0.351 e. The molecule has 1 aliphatic heterocycles. The summed E-state index contributed by atoms with van der Waals surface area (Å²) in [4.78, 5) is 29.2. The molecule has 3 rings (SSSR count). The molecule has 6 nitrogen and oxygen atoms in total. The lowest BCUT2D eigenvalue weighted by atomic mass is 10.1. The van der Waals surface area contributed by atoms with Crippen LogP contribution in [0.5, 0.6) is 0 Å². The number of nitrogens with one attached hydrogen (secondary N) is 1. The summed E-state index contributed by atoms with van der Waals surface area (Å²) in [7, 11) is 0. The first-order chi connectivity index (χ1) is 12.0. The molecule has 3 amide bonds. The second-order valence-corrected chi connectivity index (χ2v) is 6.45. The zero-order valence-electron chi connectivity index (χ0n) is 13.6. The summed E-state index contributed by atoms with van der Waals surface area (Å²) in [5.41, 5.74) is 6.72. The monoisotopic (exact) mass is 358 g/mol. The van der Waals surface area contributed by atoms with Crippen molar-refractivity contribution in [1.29, 1.82) is 0 Å². The van der Waals surface area contributed by atoms with Gasteiger partial charge in [0.2, 0.25) is 5.91 Å². The molecule has 0 spiro atoms. The number of rotatable bonds is 3. The van der Waals surface area contributed by atoms with E-state index in [1.54, 1.807) is 17.0 Å². The number of urea groups is 1. The summed E-state index contributed by atoms with van der Waals surface area (Å²) >= 11 is 5.98. The summed E-state index contributed by atoms with van der Waals surface area (Å²) in [6.07, 6.45) is 4.55. The molecule has 0 unspecified atom stereocenters. The van der Waals surface area contributed by atoms with Gasteiger partial charge in [-0.3, -0.25) is 4.79 Å². The Kier molecular flexibility index (Phi) is 5.19. The molecule has 1 fully saturated rings. The van der Waals surface area contributed by atoms with Crippen molar-refractivity contribution >= 4 is 40.5 Å². The number of carbonyl (C=O) groups is 2. The maximum atomic E-state index is 12.1. The van der Waals surface area contributed by atoms with Gasteiger partial charge in [-0.25, -0.2) is 9.78 Å². The van der Waals surface area contributed by atoms with E-state index < -0.39 is 6.03 Å². The van der Waals surface area contributed by atoms with Crippen LogP contribution in [0.1, 0.15) is 18.5 Å². The van der Waals surface area contributed by atoms with Gasteiger partial charge in [0.15, 0.2) is 0 Å². The topological polar surface area (TPSA) is 88.3 Å². The van der Waals surface area contributed by atoms with E-state index in [0.29, 0.717) is 36.6 Å². The first-order valence-corrected chi connectivity index (χ1v) is 8.48. The molecule has 2 heterocycles. The molecule has 1 aliphatic rings. The van der Waals surface area contributed by atoms with E-state index >= 15 is 0 Å². The van der Waals surface area contributed by atoms with Crippen molar-refractivity contribution in [2.24, 2.45) is 5.73 Å². The summed E-state index contributed by atoms with van der Waals surface area (Å²) in [5, 5.41) is 4.56. The number of amides is 3. The first-order valence-electron chi connectivity index (χ1n) is 8.10. The normalized spacial score (nSPS) is 15.6. The summed E-state index contributed by atoms with van der Waals surface area (Å²) in [5.74, 6) is -0.175. The van der Waals surface area contributed by atoms with E-state index in [0.717, 1.165) is 10.9 Å². The number of fused-ring (bicyclic) bond motifs is 1. The van der Waals surface area contributed by atoms with E-state index in [1.165, 1.54) is 6.08 Å². The van der Waals surface area contributed by atoms with Crippen LogP contribution in [0.4, 0.5) is 4.79 Å². The minimum atomic E-state index is -0.410. The zero-order valence-corrected chi connectivity index (χ0v) is 14.4. The Morgan fingerprint density at radius 2 is 1.96 bits per heavy atom. The number of primary amides is 1. The van der Waals surface area contributed by atoms with E-state index in [9.17, 15) is 9.59 Å². The Morgan fingerprint density at radius 3 is 2.68 bits per heavy atom. The third kappa shape index (κ3) is 4.48. The molecular formula is C18H19ClN4O2. The third-order valence-electron chi connectivity index (χ3n) is 4.23. The zero-order chi connectivity index (χ0) is 17.8. The number of benzene rings is 1. The number of piperidine rings is 1. The molecule has 3 N–H and O–H groups in total. The highest BCUT2D eigenvalue weighted by molar-refractivity contribution is 6.31. The highest BCUT2D eigenvalue weighted by atomic mass is 35.5. The molecule has 7 heteroatoms. The Hall–Kier alpha value is -2.60. The average Bonchev–Trinajstić information content (AvgIpc) is 2.60. The number of pyridine rings is 1. The first kappa shape index (κ1) is 17.2. The van der Waals surface area contributed by atoms with Crippen molar-refractivity contribution in [2.45, 2.75) is 18.9 Å². The molecule has 0 bridgehead atoms. The summed E-state index contributed by atoms with van der Waals surface area (Å²) < 4.78 is 0. The van der Waals surface area contributed by atoms with Crippen molar-refractivity contribution in [3.05, 3.63) is 47.1 Å². The molecule has 1 aromatic carbocycles. The molecule has 130 valence electrons. The predicted octanol–water partition coefficient (Wildman–Crippen LogP) is 2.56. The number of nitrogens with two attached hydrogens (primary N) is 1. The second-order valence-electron chi connectivity index (χ2n) is 6.01. The minimum absolute atomic E-state index is 0.0520. The van der Waals surface area contributed by atoms with Gasteiger partial charge in [-0.05, 0) is 37.1 Å². The van der Waals surface area contributed by atoms with Gasteiger partial charge in [-0.2, -0.15) is 0 Å². The van der Waals surface area contributed by atoms with E-state index in [4.69, 9.17) is 17.3 Å². The lowest BCUT2D eigenvalue weighted by Gasteiger charge is -2.30.